The zero-order valence-corrected chi connectivity index (χ0v) is 23.3. The van der Waals surface area contributed by atoms with Gasteiger partial charge in [0.25, 0.3) is 5.91 Å². The number of carbonyl (C=O) groups excluding carboxylic acids is 1. The van der Waals surface area contributed by atoms with Gasteiger partial charge in [-0.2, -0.15) is 0 Å². The lowest BCUT2D eigenvalue weighted by Gasteiger charge is -2.34. The molecule has 0 bridgehead atoms. The van der Waals surface area contributed by atoms with E-state index in [0.717, 1.165) is 86.8 Å². The summed E-state index contributed by atoms with van der Waals surface area (Å²) in [5, 5.41) is 17.0. The average Bonchev–Trinajstić information content (AvgIpc) is 3.34. The number of aryl methyl sites for hydroxylation is 1. The van der Waals surface area contributed by atoms with Crippen molar-refractivity contribution < 1.29 is 9.53 Å². The van der Waals surface area contributed by atoms with Crippen LogP contribution >= 0.6 is 23.6 Å². The zero-order valence-electron chi connectivity index (χ0n) is 21.7. The average molecular weight is 532 g/mol. The van der Waals surface area contributed by atoms with Crippen LogP contribution in [0.1, 0.15) is 66.3 Å². The molecule has 1 amide bonds. The molecule has 2 fully saturated rings. The molecule has 0 spiro atoms. The van der Waals surface area contributed by atoms with Gasteiger partial charge in [0.15, 0.2) is 5.11 Å². The Morgan fingerprint density at radius 1 is 1.17 bits per heavy atom. The molecule has 36 heavy (non-hydrogen) atoms. The highest BCUT2D eigenvalue weighted by Gasteiger charge is 2.28. The maximum Gasteiger partial charge on any atom is 0.259 e. The quantitative estimate of drug-likeness (QED) is 0.545. The van der Waals surface area contributed by atoms with Gasteiger partial charge in [-0.1, -0.05) is 32.1 Å². The van der Waals surface area contributed by atoms with E-state index in [1.165, 1.54) is 11.3 Å². The lowest BCUT2D eigenvalue weighted by molar-refractivity contribution is 0.0388. The normalized spacial score (nSPS) is 17.7. The van der Waals surface area contributed by atoms with E-state index in [1.54, 1.807) is 0 Å². The molecule has 9 nitrogen and oxygen atoms in total. The van der Waals surface area contributed by atoms with Crippen LogP contribution < -0.4 is 10.6 Å². The first-order valence-corrected chi connectivity index (χ1v) is 13.9. The minimum absolute atomic E-state index is 0.108. The van der Waals surface area contributed by atoms with Crippen LogP contribution in [-0.4, -0.2) is 88.5 Å². The highest BCUT2D eigenvalue weighted by molar-refractivity contribution is 7.80. The number of likely N-dealkylation sites (tertiary alicyclic amines) is 1. The number of carbonyl (C=O) groups is 1. The van der Waals surface area contributed by atoms with Gasteiger partial charge in [0.1, 0.15) is 5.01 Å². The fourth-order valence-electron chi connectivity index (χ4n) is 4.43. The Hall–Kier alpha value is -2.21. The molecule has 0 atom stereocenters. The molecule has 2 aliphatic heterocycles. The summed E-state index contributed by atoms with van der Waals surface area (Å²) in [4.78, 5) is 22.6. The number of hydrogen-bond donors (Lipinski definition) is 2. The van der Waals surface area contributed by atoms with Crippen LogP contribution in [0.15, 0.2) is 12.1 Å². The van der Waals surface area contributed by atoms with Gasteiger partial charge in [-0.3, -0.25) is 20.0 Å². The second-order valence-corrected chi connectivity index (χ2v) is 11.8. The molecule has 4 heterocycles. The molecule has 4 rings (SSSR count). The van der Waals surface area contributed by atoms with Crippen LogP contribution in [-0.2, 0) is 10.2 Å². The van der Waals surface area contributed by atoms with Crippen LogP contribution in [0.25, 0.3) is 0 Å². The molecule has 0 radical (unpaired) electrons. The molecule has 11 heteroatoms. The molecule has 0 saturated carbocycles. The minimum Gasteiger partial charge on any atom is -0.379 e. The number of amides is 1. The monoisotopic (exact) mass is 531 g/mol. The van der Waals surface area contributed by atoms with Crippen molar-refractivity contribution in [3.8, 4) is 0 Å². The maximum atomic E-state index is 13.2. The van der Waals surface area contributed by atoms with Crippen LogP contribution in [0.4, 0.5) is 5.13 Å². The minimum atomic E-state index is -0.183. The molecule has 2 saturated heterocycles. The van der Waals surface area contributed by atoms with Crippen molar-refractivity contribution in [2.45, 2.75) is 51.9 Å². The van der Waals surface area contributed by atoms with E-state index in [0.29, 0.717) is 10.7 Å². The molecule has 0 aromatic carbocycles. The molecule has 2 N–H and O–H groups in total. The van der Waals surface area contributed by atoms with Gasteiger partial charge in [0.2, 0.25) is 5.13 Å². The topological polar surface area (TPSA) is 95.5 Å². The number of nitrogens with one attached hydrogen (secondary N) is 2. The molecular weight excluding hydrogens is 494 g/mol. The highest BCUT2D eigenvalue weighted by atomic mass is 32.1. The lowest BCUT2D eigenvalue weighted by atomic mass is 9.90. The summed E-state index contributed by atoms with van der Waals surface area (Å²) < 4.78 is 5.41. The number of ether oxygens (including phenoxy) is 1. The Kier molecular flexibility index (Phi) is 8.87. The third kappa shape index (κ3) is 6.96. The number of rotatable bonds is 6. The van der Waals surface area contributed by atoms with E-state index < -0.39 is 0 Å². The number of nitrogens with zero attached hydrogens (tertiary/aromatic N) is 5. The molecule has 0 aliphatic carbocycles. The van der Waals surface area contributed by atoms with Crippen LogP contribution in [0.3, 0.4) is 0 Å². The predicted molar refractivity (Wildman–Crippen MR) is 147 cm³/mol. The molecule has 2 aromatic rings. The summed E-state index contributed by atoms with van der Waals surface area (Å²) in [7, 11) is 0. The summed E-state index contributed by atoms with van der Waals surface area (Å²) in [5.41, 5.74) is 2.27. The van der Waals surface area contributed by atoms with E-state index in [-0.39, 0.29) is 17.2 Å². The van der Waals surface area contributed by atoms with Gasteiger partial charge >= 0.3 is 0 Å². The second kappa shape index (κ2) is 11.9. The van der Waals surface area contributed by atoms with E-state index in [1.807, 2.05) is 19.1 Å². The fraction of sp³-hybridized carbons (Fsp3) is 0.640. The van der Waals surface area contributed by atoms with Crippen molar-refractivity contribution >= 4 is 39.7 Å². The Labute approximate surface area is 223 Å². The standard InChI is InChI=1S/C25H37N7O2S2/c1-17-5-6-19(21(33)28-23-30-29-22(36-23)25(2,3)4)20(27-17)18-7-10-32(11-8-18)24(35)26-9-12-31-13-15-34-16-14-31/h5-6,18H,7-16H2,1-4H3,(H,26,35)(H,28,30,33). The van der Waals surface area contributed by atoms with Crippen LogP contribution in [0.2, 0.25) is 0 Å². The summed E-state index contributed by atoms with van der Waals surface area (Å²) in [5.74, 6) is 0.0226. The Balaban J connectivity index is 1.33. The van der Waals surface area contributed by atoms with Crippen molar-refractivity contribution in [3.63, 3.8) is 0 Å². The van der Waals surface area contributed by atoms with Gasteiger partial charge in [0, 0.05) is 56.3 Å². The Morgan fingerprint density at radius 3 is 2.56 bits per heavy atom. The predicted octanol–water partition coefficient (Wildman–Crippen LogP) is 3.18. The van der Waals surface area contributed by atoms with Gasteiger partial charge < -0.3 is 15.0 Å². The zero-order chi connectivity index (χ0) is 25.7. The summed E-state index contributed by atoms with van der Waals surface area (Å²) >= 11 is 7.08. The van der Waals surface area contributed by atoms with Crippen molar-refractivity contribution in [1.82, 2.24) is 30.3 Å². The van der Waals surface area contributed by atoms with Gasteiger partial charge in [-0.15, -0.1) is 10.2 Å². The second-order valence-electron chi connectivity index (χ2n) is 10.4. The van der Waals surface area contributed by atoms with E-state index >= 15 is 0 Å². The molecular formula is C25H37N7O2S2. The third-order valence-electron chi connectivity index (χ3n) is 6.57. The van der Waals surface area contributed by atoms with Crippen molar-refractivity contribution in [2.75, 3.05) is 57.8 Å². The van der Waals surface area contributed by atoms with Crippen LogP contribution in [0, 0.1) is 6.92 Å². The van der Waals surface area contributed by atoms with E-state index in [9.17, 15) is 4.79 Å². The van der Waals surface area contributed by atoms with E-state index in [2.05, 4.69) is 51.4 Å². The molecule has 0 unspecified atom stereocenters. The van der Waals surface area contributed by atoms with Crippen molar-refractivity contribution in [3.05, 3.63) is 34.1 Å². The fourth-order valence-corrected chi connectivity index (χ4v) is 5.52. The number of hydrogen-bond acceptors (Lipinski definition) is 8. The first-order valence-electron chi connectivity index (χ1n) is 12.7. The van der Waals surface area contributed by atoms with E-state index in [4.69, 9.17) is 21.9 Å². The van der Waals surface area contributed by atoms with Crippen molar-refractivity contribution in [1.29, 1.82) is 0 Å². The van der Waals surface area contributed by atoms with Gasteiger partial charge in [0.05, 0.1) is 24.5 Å². The number of thiocarbonyl (C=S) groups is 1. The first kappa shape index (κ1) is 26.8. The largest absolute Gasteiger partial charge is 0.379 e. The lowest BCUT2D eigenvalue weighted by Crippen LogP contribution is -2.47. The number of piperidine rings is 1. The Morgan fingerprint density at radius 2 is 1.89 bits per heavy atom. The number of aromatic nitrogens is 3. The highest BCUT2D eigenvalue weighted by Crippen LogP contribution is 2.31. The van der Waals surface area contributed by atoms with Gasteiger partial charge in [-0.05, 0) is 44.1 Å². The Bertz CT molecular complexity index is 1050. The summed E-state index contributed by atoms with van der Waals surface area (Å²) in [6, 6.07) is 3.77. The van der Waals surface area contributed by atoms with Crippen molar-refractivity contribution in [2.24, 2.45) is 0 Å². The third-order valence-corrected chi connectivity index (χ3v) is 8.24. The summed E-state index contributed by atoms with van der Waals surface area (Å²) in [6.45, 7) is 15.3. The summed E-state index contributed by atoms with van der Waals surface area (Å²) in [6.07, 6.45) is 1.80. The number of pyridine rings is 1. The van der Waals surface area contributed by atoms with Gasteiger partial charge in [-0.25, -0.2) is 0 Å². The molecule has 2 aromatic heterocycles. The molecule has 2 aliphatic rings. The number of morpholine rings is 1. The SMILES string of the molecule is Cc1ccc(C(=O)Nc2nnc(C(C)(C)C)s2)c(C2CCN(C(=S)NCCN3CCOCC3)CC2)n1. The van der Waals surface area contributed by atoms with Crippen LogP contribution in [0.5, 0.6) is 0 Å². The smallest absolute Gasteiger partial charge is 0.259 e. The molecule has 196 valence electrons. The number of anilines is 1. The maximum absolute atomic E-state index is 13.2. The first-order chi connectivity index (χ1) is 17.2.